The average molecular weight is 328 g/mol. The largest absolute Gasteiger partial charge is 0.367 e. The minimum absolute atomic E-state index is 0.415. The summed E-state index contributed by atoms with van der Waals surface area (Å²) in [5.74, 6) is 0.428. The molecule has 96 valence electrons. The van der Waals surface area contributed by atoms with E-state index in [9.17, 15) is 5.26 Å². The number of nitriles is 1. The van der Waals surface area contributed by atoms with Gasteiger partial charge in [-0.2, -0.15) is 5.26 Å². The molecule has 0 heterocycles. The molecule has 1 aliphatic carbocycles. The lowest BCUT2D eigenvalue weighted by molar-refractivity contribution is 0.414. The van der Waals surface area contributed by atoms with Crippen LogP contribution in [0.1, 0.15) is 32.6 Å². The summed E-state index contributed by atoms with van der Waals surface area (Å²) in [5.41, 5.74) is 0.537. The zero-order valence-electron chi connectivity index (χ0n) is 10.3. The minimum atomic E-state index is -0.415. The predicted octanol–water partition coefficient (Wildman–Crippen LogP) is 4.99. The van der Waals surface area contributed by atoms with Crippen LogP contribution in [0.3, 0.4) is 0 Å². The van der Waals surface area contributed by atoms with E-state index in [1.54, 1.807) is 0 Å². The van der Waals surface area contributed by atoms with Crippen molar-refractivity contribution in [1.29, 1.82) is 5.26 Å². The molecule has 4 heteroatoms. The third-order valence-corrected chi connectivity index (χ3v) is 5.01. The van der Waals surface area contributed by atoms with Crippen molar-refractivity contribution in [3.63, 3.8) is 0 Å². The summed E-state index contributed by atoms with van der Waals surface area (Å²) in [4.78, 5) is 0. The van der Waals surface area contributed by atoms with Gasteiger partial charge in [0.2, 0.25) is 0 Å². The van der Waals surface area contributed by atoms with Crippen LogP contribution in [0.15, 0.2) is 22.7 Å². The van der Waals surface area contributed by atoms with Crippen LogP contribution in [0.2, 0.25) is 5.02 Å². The molecule has 1 aromatic carbocycles. The maximum atomic E-state index is 9.55. The molecule has 0 aliphatic heterocycles. The Bertz CT molecular complexity index is 483. The third kappa shape index (κ3) is 2.50. The molecule has 1 fully saturated rings. The number of nitrogens with one attached hydrogen (secondary N) is 1. The second-order valence-electron chi connectivity index (χ2n) is 4.83. The summed E-state index contributed by atoms with van der Waals surface area (Å²) in [6.45, 7) is 2.15. The number of rotatable bonds is 3. The number of anilines is 1. The van der Waals surface area contributed by atoms with E-state index in [1.807, 2.05) is 18.2 Å². The summed E-state index contributed by atoms with van der Waals surface area (Å²) in [7, 11) is 0. The Morgan fingerprint density at radius 3 is 3.00 bits per heavy atom. The first kappa shape index (κ1) is 13.7. The lowest BCUT2D eigenvalue weighted by atomic mass is 9.86. The van der Waals surface area contributed by atoms with Crippen LogP contribution in [0.5, 0.6) is 0 Å². The predicted molar refractivity (Wildman–Crippen MR) is 78.8 cm³/mol. The molecule has 1 N–H and O–H groups in total. The van der Waals surface area contributed by atoms with Gasteiger partial charge in [0.05, 0.1) is 11.1 Å². The normalized spacial score (nSPS) is 26.9. The Kier molecular flexibility index (Phi) is 4.19. The number of nitrogens with zero attached hydrogens (tertiary/aromatic N) is 1. The maximum Gasteiger partial charge on any atom is 0.128 e. The van der Waals surface area contributed by atoms with E-state index < -0.39 is 5.54 Å². The lowest BCUT2D eigenvalue weighted by Gasteiger charge is -2.30. The average Bonchev–Trinajstić information content (AvgIpc) is 2.77. The molecule has 2 atom stereocenters. The molecule has 0 aromatic heterocycles. The molecule has 0 saturated heterocycles. The molecule has 0 amide bonds. The van der Waals surface area contributed by atoms with Crippen LogP contribution in [0, 0.1) is 17.2 Å². The highest BCUT2D eigenvalue weighted by atomic mass is 79.9. The van der Waals surface area contributed by atoms with E-state index in [4.69, 9.17) is 11.6 Å². The van der Waals surface area contributed by atoms with Crippen molar-refractivity contribution in [2.75, 3.05) is 5.32 Å². The smallest absolute Gasteiger partial charge is 0.128 e. The molecule has 0 bridgehead atoms. The second-order valence-corrected chi connectivity index (χ2v) is 6.10. The van der Waals surface area contributed by atoms with Gasteiger partial charge < -0.3 is 5.32 Å². The quantitative estimate of drug-likeness (QED) is 0.849. The molecule has 2 nitrogen and oxygen atoms in total. The number of hydrogen-bond donors (Lipinski definition) is 1. The van der Waals surface area contributed by atoms with Crippen LogP contribution < -0.4 is 5.32 Å². The van der Waals surface area contributed by atoms with Crippen molar-refractivity contribution in [1.82, 2.24) is 0 Å². The van der Waals surface area contributed by atoms with Crippen molar-refractivity contribution in [3.05, 3.63) is 27.7 Å². The first-order valence-corrected chi connectivity index (χ1v) is 7.43. The highest BCUT2D eigenvalue weighted by molar-refractivity contribution is 9.10. The van der Waals surface area contributed by atoms with Crippen LogP contribution in [-0.4, -0.2) is 5.54 Å². The number of benzene rings is 1. The van der Waals surface area contributed by atoms with Crippen LogP contribution in [0.25, 0.3) is 0 Å². The molecule has 0 radical (unpaired) electrons. The Hall–Kier alpha value is -0.720. The van der Waals surface area contributed by atoms with Crippen molar-refractivity contribution in [2.45, 2.75) is 38.1 Å². The Balaban J connectivity index is 2.25. The standard InChI is InChI=1S/C14H16BrClN2/c1-2-10-4-3-7-14(10,9-17)18-11-5-6-13(16)12(15)8-11/h5-6,8,10,18H,2-4,7H2,1H3. The van der Waals surface area contributed by atoms with Gasteiger partial charge in [-0.15, -0.1) is 0 Å². The van der Waals surface area contributed by atoms with Gasteiger partial charge in [-0.3, -0.25) is 0 Å². The molecule has 1 aliphatic rings. The van der Waals surface area contributed by atoms with E-state index in [2.05, 4.69) is 34.2 Å². The van der Waals surface area contributed by atoms with Crippen LogP contribution in [-0.2, 0) is 0 Å². The van der Waals surface area contributed by atoms with Gasteiger partial charge in [0.15, 0.2) is 0 Å². The fourth-order valence-corrected chi connectivity index (χ4v) is 3.30. The van der Waals surface area contributed by atoms with Crippen molar-refractivity contribution < 1.29 is 0 Å². The van der Waals surface area contributed by atoms with E-state index >= 15 is 0 Å². The lowest BCUT2D eigenvalue weighted by Crippen LogP contribution is -2.40. The first-order valence-electron chi connectivity index (χ1n) is 6.26. The summed E-state index contributed by atoms with van der Waals surface area (Å²) >= 11 is 9.39. The zero-order valence-corrected chi connectivity index (χ0v) is 12.7. The summed E-state index contributed by atoms with van der Waals surface area (Å²) < 4.78 is 0.855. The van der Waals surface area contributed by atoms with Gasteiger partial charge in [0.25, 0.3) is 0 Å². The first-order chi connectivity index (χ1) is 8.61. The minimum Gasteiger partial charge on any atom is -0.367 e. The summed E-state index contributed by atoms with van der Waals surface area (Å²) in [6.07, 6.45) is 4.21. The van der Waals surface area contributed by atoms with Gasteiger partial charge in [-0.1, -0.05) is 24.9 Å². The monoisotopic (exact) mass is 326 g/mol. The highest BCUT2D eigenvalue weighted by Crippen LogP contribution is 2.40. The van der Waals surface area contributed by atoms with Crippen LogP contribution >= 0.6 is 27.5 Å². The van der Waals surface area contributed by atoms with Gasteiger partial charge in [0, 0.05) is 10.2 Å². The molecule has 0 spiro atoms. The fourth-order valence-electron chi connectivity index (χ4n) is 2.80. The van der Waals surface area contributed by atoms with E-state index in [-0.39, 0.29) is 0 Å². The maximum absolute atomic E-state index is 9.55. The molecule has 18 heavy (non-hydrogen) atoms. The summed E-state index contributed by atoms with van der Waals surface area (Å²) in [5, 5.41) is 13.7. The number of halogens is 2. The Labute approximate surface area is 121 Å². The van der Waals surface area contributed by atoms with E-state index in [0.29, 0.717) is 10.9 Å². The van der Waals surface area contributed by atoms with Gasteiger partial charge >= 0.3 is 0 Å². The van der Waals surface area contributed by atoms with Crippen molar-refractivity contribution in [2.24, 2.45) is 5.92 Å². The molecular formula is C14H16BrClN2. The van der Waals surface area contributed by atoms with Crippen LogP contribution in [0.4, 0.5) is 5.69 Å². The molecule has 1 aromatic rings. The Morgan fingerprint density at radius 2 is 2.39 bits per heavy atom. The topological polar surface area (TPSA) is 35.8 Å². The third-order valence-electron chi connectivity index (χ3n) is 3.80. The van der Waals surface area contributed by atoms with E-state index in [0.717, 1.165) is 35.8 Å². The van der Waals surface area contributed by atoms with Crippen molar-refractivity contribution in [3.8, 4) is 6.07 Å². The zero-order chi connectivity index (χ0) is 13.2. The van der Waals surface area contributed by atoms with Gasteiger partial charge in [0.1, 0.15) is 5.54 Å². The van der Waals surface area contributed by atoms with Gasteiger partial charge in [-0.05, 0) is 59.3 Å². The fraction of sp³-hybridized carbons (Fsp3) is 0.500. The van der Waals surface area contributed by atoms with E-state index in [1.165, 1.54) is 0 Å². The number of hydrogen-bond acceptors (Lipinski definition) is 2. The molecule has 2 unspecified atom stereocenters. The molecule has 2 rings (SSSR count). The Morgan fingerprint density at radius 1 is 1.61 bits per heavy atom. The van der Waals surface area contributed by atoms with Gasteiger partial charge in [-0.25, -0.2) is 0 Å². The summed E-state index contributed by atoms with van der Waals surface area (Å²) in [6, 6.07) is 8.21. The second kappa shape index (κ2) is 5.50. The molecular weight excluding hydrogens is 312 g/mol. The SMILES string of the molecule is CCC1CCCC1(C#N)Nc1ccc(Cl)c(Br)c1. The van der Waals surface area contributed by atoms with Crippen molar-refractivity contribution >= 4 is 33.2 Å². The molecule has 1 saturated carbocycles. The highest BCUT2D eigenvalue weighted by Gasteiger charge is 2.42.